The SMILES string of the molecule is Cc1ncc(S(=O)(=O)N2CCCN(CC(=O)O)CC2)[nH]1. The Labute approximate surface area is 117 Å². The van der Waals surface area contributed by atoms with E-state index in [1.165, 1.54) is 10.5 Å². The van der Waals surface area contributed by atoms with E-state index < -0.39 is 16.0 Å². The maximum absolute atomic E-state index is 12.4. The molecule has 1 saturated heterocycles. The second kappa shape index (κ2) is 5.90. The van der Waals surface area contributed by atoms with Crippen molar-refractivity contribution in [2.45, 2.75) is 18.4 Å². The summed E-state index contributed by atoms with van der Waals surface area (Å²) in [5.74, 6) is -0.351. The molecule has 1 aromatic heterocycles. The first-order valence-corrected chi connectivity index (χ1v) is 7.79. The zero-order chi connectivity index (χ0) is 14.8. The van der Waals surface area contributed by atoms with E-state index in [2.05, 4.69) is 9.97 Å². The first-order chi connectivity index (χ1) is 9.39. The summed E-state index contributed by atoms with van der Waals surface area (Å²) in [4.78, 5) is 19.1. The number of carbonyl (C=O) groups is 1. The Morgan fingerprint density at radius 3 is 2.75 bits per heavy atom. The molecule has 0 saturated carbocycles. The maximum atomic E-state index is 12.4. The highest BCUT2D eigenvalue weighted by atomic mass is 32.2. The molecule has 2 heterocycles. The van der Waals surface area contributed by atoms with Crippen LogP contribution in [-0.4, -0.2) is 71.4 Å². The van der Waals surface area contributed by atoms with Crippen molar-refractivity contribution in [3.63, 3.8) is 0 Å². The number of aromatic nitrogens is 2. The van der Waals surface area contributed by atoms with E-state index in [1.807, 2.05) is 0 Å². The lowest BCUT2D eigenvalue weighted by atomic mass is 10.4. The second-order valence-electron chi connectivity index (χ2n) is 4.76. The van der Waals surface area contributed by atoms with E-state index in [0.717, 1.165) is 0 Å². The predicted molar refractivity (Wildman–Crippen MR) is 70.8 cm³/mol. The summed E-state index contributed by atoms with van der Waals surface area (Å²) >= 11 is 0. The summed E-state index contributed by atoms with van der Waals surface area (Å²) in [5.41, 5.74) is 0. The first kappa shape index (κ1) is 14.9. The molecule has 1 aromatic rings. The van der Waals surface area contributed by atoms with Crippen molar-refractivity contribution in [1.82, 2.24) is 19.2 Å². The average Bonchev–Trinajstić information content (AvgIpc) is 2.66. The molecule has 0 aliphatic carbocycles. The Balaban J connectivity index is 2.08. The third-order valence-electron chi connectivity index (χ3n) is 3.20. The van der Waals surface area contributed by atoms with Gasteiger partial charge in [-0.05, 0) is 13.3 Å². The summed E-state index contributed by atoms with van der Waals surface area (Å²) in [5, 5.41) is 8.86. The molecule has 1 aliphatic rings. The molecule has 0 spiro atoms. The largest absolute Gasteiger partial charge is 0.480 e. The van der Waals surface area contributed by atoms with Gasteiger partial charge in [-0.15, -0.1) is 0 Å². The molecular weight excluding hydrogens is 284 g/mol. The lowest BCUT2D eigenvalue weighted by molar-refractivity contribution is -0.138. The summed E-state index contributed by atoms with van der Waals surface area (Å²) in [6.45, 7) is 3.30. The molecule has 112 valence electrons. The summed E-state index contributed by atoms with van der Waals surface area (Å²) < 4.78 is 26.2. The molecule has 20 heavy (non-hydrogen) atoms. The van der Waals surface area contributed by atoms with Gasteiger partial charge in [0.05, 0.1) is 12.7 Å². The van der Waals surface area contributed by atoms with Gasteiger partial charge >= 0.3 is 5.97 Å². The van der Waals surface area contributed by atoms with Crippen LogP contribution in [0.1, 0.15) is 12.2 Å². The molecule has 9 heteroatoms. The van der Waals surface area contributed by atoms with E-state index in [9.17, 15) is 13.2 Å². The number of hydrogen-bond donors (Lipinski definition) is 2. The Kier molecular flexibility index (Phi) is 4.41. The van der Waals surface area contributed by atoms with Gasteiger partial charge in [0.1, 0.15) is 5.82 Å². The number of nitrogens with zero attached hydrogens (tertiary/aromatic N) is 3. The minimum absolute atomic E-state index is 0.0585. The number of nitrogens with one attached hydrogen (secondary N) is 1. The van der Waals surface area contributed by atoms with Gasteiger partial charge in [-0.2, -0.15) is 4.31 Å². The molecule has 1 aliphatic heterocycles. The minimum Gasteiger partial charge on any atom is -0.480 e. The normalized spacial score (nSPS) is 18.9. The van der Waals surface area contributed by atoms with Crippen LogP contribution < -0.4 is 0 Å². The first-order valence-electron chi connectivity index (χ1n) is 6.35. The van der Waals surface area contributed by atoms with Gasteiger partial charge in [0.2, 0.25) is 0 Å². The zero-order valence-electron chi connectivity index (χ0n) is 11.2. The Morgan fingerprint density at radius 2 is 2.15 bits per heavy atom. The van der Waals surface area contributed by atoms with Crippen LogP contribution in [0.5, 0.6) is 0 Å². The van der Waals surface area contributed by atoms with E-state index in [1.54, 1.807) is 11.8 Å². The topological polar surface area (TPSA) is 107 Å². The number of carboxylic acids is 1. The molecular formula is C11H18N4O4S. The van der Waals surface area contributed by atoms with Gasteiger partial charge in [0, 0.05) is 26.2 Å². The monoisotopic (exact) mass is 302 g/mol. The highest BCUT2D eigenvalue weighted by molar-refractivity contribution is 7.89. The number of sulfonamides is 1. The van der Waals surface area contributed by atoms with Gasteiger partial charge in [0.15, 0.2) is 5.03 Å². The Bertz CT molecular complexity index is 583. The number of hydrogen-bond acceptors (Lipinski definition) is 5. The van der Waals surface area contributed by atoms with E-state index in [0.29, 0.717) is 31.9 Å². The smallest absolute Gasteiger partial charge is 0.317 e. The Hall–Kier alpha value is -1.45. The van der Waals surface area contributed by atoms with Crippen LogP contribution in [0.4, 0.5) is 0 Å². The van der Waals surface area contributed by atoms with Crippen LogP contribution in [-0.2, 0) is 14.8 Å². The van der Waals surface area contributed by atoms with Crippen molar-refractivity contribution in [1.29, 1.82) is 0 Å². The van der Waals surface area contributed by atoms with E-state index in [4.69, 9.17) is 5.11 Å². The fraction of sp³-hybridized carbons (Fsp3) is 0.636. The van der Waals surface area contributed by atoms with Crippen LogP contribution >= 0.6 is 0 Å². The number of aromatic amines is 1. The van der Waals surface area contributed by atoms with Gasteiger partial charge in [-0.3, -0.25) is 9.69 Å². The van der Waals surface area contributed by atoms with Crippen molar-refractivity contribution >= 4 is 16.0 Å². The number of aliphatic carboxylic acids is 1. The number of aryl methyl sites for hydroxylation is 1. The van der Waals surface area contributed by atoms with Crippen molar-refractivity contribution in [3.05, 3.63) is 12.0 Å². The standard InChI is InChI=1S/C11H18N4O4S/c1-9-12-7-10(13-9)20(18,19)15-4-2-3-14(5-6-15)8-11(16)17/h7H,2-6,8H2,1H3,(H,12,13)(H,16,17). The lowest BCUT2D eigenvalue weighted by Crippen LogP contribution is -2.36. The average molecular weight is 302 g/mol. The minimum atomic E-state index is -3.58. The zero-order valence-corrected chi connectivity index (χ0v) is 12.1. The molecule has 0 radical (unpaired) electrons. The summed E-state index contributed by atoms with van der Waals surface area (Å²) in [6, 6.07) is 0. The lowest BCUT2D eigenvalue weighted by Gasteiger charge is -2.19. The predicted octanol–water partition coefficient (Wildman–Crippen LogP) is -0.501. The highest BCUT2D eigenvalue weighted by Gasteiger charge is 2.28. The van der Waals surface area contributed by atoms with Crippen LogP contribution in [0.15, 0.2) is 11.2 Å². The summed E-state index contributed by atoms with van der Waals surface area (Å²) in [6.07, 6.45) is 1.92. The van der Waals surface area contributed by atoms with E-state index in [-0.39, 0.29) is 18.1 Å². The van der Waals surface area contributed by atoms with Crippen LogP contribution in [0, 0.1) is 6.92 Å². The van der Waals surface area contributed by atoms with Crippen LogP contribution in [0.2, 0.25) is 0 Å². The molecule has 2 rings (SSSR count). The number of H-pyrrole nitrogens is 1. The molecule has 0 unspecified atom stereocenters. The van der Waals surface area contributed by atoms with Crippen molar-refractivity contribution in [3.8, 4) is 0 Å². The molecule has 0 atom stereocenters. The van der Waals surface area contributed by atoms with Crippen molar-refractivity contribution in [2.24, 2.45) is 0 Å². The van der Waals surface area contributed by atoms with Gasteiger partial charge in [-0.1, -0.05) is 0 Å². The molecule has 2 N–H and O–H groups in total. The summed E-state index contributed by atoms with van der Waals surface area (Å²) in [7, 11) is -3.58. The van der Waals surface area contributed by atoms with E-state index >= 15 is 0 Å². The molecule has 1 fully saturated rings. The second-order valence-corrected chi connectivity index (χ2v) is 6.67. The third-order valence-corrected chi connectivity index (χ3v) is 5.01. The Morgan fingerprint density at radius 1 is 1.40 bits per heavy atom. The fourth-order valence-electron chi connectivity index (χ4n) is 2.21. The van der Waals surface area contributed by atoms with Gasteiger partial charge < -0.3 is 10.1 Å². The van der Waals surface area contributed by atoms with Crippen LogP contribution in [0.25, 0.3) is 0 Å². The molecule has 0 amide bonds. The number of carboxylic acid groups (broad SMARTS) is 1. The molecule has 8 nitrogen and oxygen atoms in total. The van der Waals surface area contributed by atoms with Gasteiger partial charge in [-0.25, -0.2) is 13.4 Å². The highest BCUT2D eigenvalue weighted by Crippen LogP contribution is 2.15. The number of rotatable bonds is 4. The van der Waals surface area contributed by atoms with Crippen molar-refractivity contribution < 1.29 is 18.3 Å². The fourth-order valence-corrected chi connectivity index (χ4v) is 3.64. The maximum Gasteiger partial charge on any atom is 0.317 e. The van der Waals surface area contributed by atoms with Crippen LogP contribution in [0.3, 0.4) is 0 Å². The molecule has 0 aromatic carbocycles. The van der Waals surface area contributed by atoms with Crippen molar-refractivity contribution in [2.75, 3.05) is 32.7 Å². The van der Waals surface area contributed by atoms with Gasteiger partial charge in [0.25, 0.3) is 10.0 Å². The molecule has 0 bridgehead atoms. The quantitative estimate of drug-likeness (QED) is 0.776. The third kappa shape index (κ3) is 3.35. The number of imidazole rings is 1.